The predicted octanol–water partition coefficient (Wildman–Crippen LogP) is 3.14. The van der Waals surface area contributed by atoms with Crippen molar-refractivity contribution in [3.8, 4) is 0 Å². The van der Waals surface area contributed by atoms with Crippen LogP contribution in [-0.2, 0) is 6.54 Å². The zero-order chi connectivity index (χ0) is 12.4. The van der Waals surface area contributed by atoms with Crippen molar-refractivity contribution in [3.63, 3.8) is 0 Å². The lowest BCUT2D eigenvalue weighted by molar-refractivity contribution is 0.798. The fourth-order valence-electron chi connectivity index (χ4n) is 2.55. The molecule has 0 saturated heterocycles. The molecule has 0 saturated carbocycles. The summed E-state index contributed by atoms with van der Waals surface area (Å²) in [7, 11) is 2.17. The molecule has 2 heteroatoms. The quantitative estimate of drug-likeness (QED) is 0.753. The van der Waals surface area contributed by atoms with E-state index in [-0.39, 0.29) is 0 Å². The Kier molecular flexibility index (Phi) is 2.93. The summed E-state index contributed by atoms with van der Waals surface area (Å²) in [5, 5.41) is 0. The fraction of sp³-hybridized carbons (Fsp3) is 0.250. The summed E-state index contributed by atoms with van der Waals surface area (Å²) in [4.78, 5) is 4.79. The molecule has 1 heterocycles. The molecule has 0 aliphatic carbocycles. The number of fused-ring (bicyclic) bond motifs is 1. The number of hydrogen-bond donors (Lipinski definition) is 0. The third-order valence-corrected chi connectivity index (χ3v) is 3.59. The second-order valence-corrected chi connectivity index (χ2v) is 4.81. The van der Waals surface area contributed by atoms with Gasteiger partial charge in [0.15, 0.2) is 0 Å². The van der Waals surface area contributed by atoms with Crippen LogP contribution in [0.4, 0.5) is 11.4 Å². The number of nitrogens with zero attached hydrogens (tertiary/aromatic N) is 2. The first-order chi connectivity index (χ1) is 8.84. The molecular weight excluding hydrogens is 220 g/mol. The van der Waals surface area contributed by atoms with E-state index in [1.807, 2.05) is 0 Å². The maximum absolute atomic E-state index is 2.45. The van der Waals surface area contributed by atoms with Crippen LogP contribution in [0.3, 0.4) is 0 Å². The van der Waals surface area contributed by atoms with E-state index in [0.717, 1.165) is 19.6 Å². The zero-order valence-electron chi connectivity index (χ0n) is 10.7. The maximum atomic E-state index is 2.45. The summed E-state index contributed by atoms with van der Waals surface area (Å²) in [5.74, 6) is 0. The fourth-order valence-corrected chi connectivity index (χ4v) is 2.55. The van der Waals surface area contributed by atoms with Crippen molar-refractivity contribution in [1.82, 2.24) is 0 Å². The summed E-state index contributed by atoms with van der Waals surface area (Å²) in [6, 6.07) is 19.3. The van der Waals surface area contributed by atoms with Gasteiger partial charge in [0, 0.05) is 38.1 Å². The monoisotopic (exact) mass is 238 g/mol. The molecule has 0 bridgehead atoms. The summed E-state index contributed by atoms with van der Waals surface area (Å²) >= 11 is 0. The molecule has 0 radical (unpaired) electrons. The van der Waals surface area contributed by atoms with Gasteiger partial charge in [-0.3, -0.25) is 0 Å². The molecule has 0 unspecified atom stereocenters. The van der Waals surface area contributed by atoms with Crippen LogP contribution in [-0.4, -0.2) is 20.1 Å². The minimum Gasteiger partial charge on any atom is -0.373 e. The summed E-state index contributed by atoms with van der Waals surface area (Å²) in [6.45, 7) is 3.12. The molecule has 1 aliphatic rings. The van der Waals surface area contributed by atoms with Crippen LogP contribution in [0, 0.1) is 0 Å². The number of likely N-dealkylation sites (N-methyl/N-ethyl adjacent to an activating group) is 1. The highest BCUT2D eigenvalue weighted by atomic mass is 15.2. The molecule has 0 spiro atoms. The molecule has 2 aromatic carbocycles. The van der Waals surface area contributed by atoms with Crippen molar-refractivity contribution in [1.29, 1.82) is 0 Å². The van der Waals surface area contributed by atoms with Crippen molar-refractivity contribution in [2.75, 3.05) is 29.9 Å². The van der Waals surface area contributed by atoms with E-state index in [2.05, 4.69) is 71.4 Å². The van der Waals surface area contributed by atoms with E-state index >= 15 is 0 Å². The summed E-state index contributed by atoms with van der Waals surface area (Å²) in [5.41, 5.74) is 4.07. The lowest BCUT2D eigenvalue weighted by Crippen LogP contribution is -2.28. The van der Waals surface area contributed by atoms with Crippen LogP contribution in [0.2, 0.25) is 0 Å². The molecule has 0 N–H and O–H groups in total. The average Bonchev–Trinajstić information content (AvgIpc) is 2.60. The van der Waals surface area contributed by atoms with Crippen LogP contribution >= 0.6 is 0 Å². The van der Waals surface area contributed by atoms with Crippen LogP contribution < -0.4 is 9.80 Å². The average molecular weight is 238 g/mol. The van der Waals surface area contributed by atoms with E-state index in [1.165, 1.54) is 16.9 Å². The van der Waals surface area contributed by atoms with Gasteiger partial charge in [0.05, 0.1) is 0 Å². The lowest BCUT2D eigenvalue weighted by atomic mass is 10.1. The Bertz CT molecular complexity index is 522. The first kappa shape index (κ1) is 11.1. The van der Waals surface area contributed by atoms with E-state index in [1.54, 1.807) is 0 Å². The topological polar surface area (TPSA) is 6.48 Å². The smallest absolute Gasteiger partial charge is 0.0450 e. The maximum Gasteiger partial charge on any atom is 0.0450 e. The van der Waals surface area contributed by atoms with Gasteiger partial charge < -0.3 is 9.80 Å². The van der Waals surface area contributed by atoms with Crippen molar-refractivity contribution < 1.29 is 0 Å². The Morgan fingerprint density at radius 2 is 1.56 bits per heavy atom. The van der Waals surface area contributed by atoms with E-state index in [4.69, 9.17) is 0 Å². The van der Waals surface area contributed by atoms with Gasteiger partial charge in [-0.2, -0.15) is 0 Å². The van der Waals surface area contributed by atoms with Gasteiger partial charge >= 0.3 is 0 Å². The minimum atomic E-state index is 0.991. The first-order valence-electron chi connectivity index (χ1n) is 6.43. The molecule has 2 nitrogen and oxygen atoms in total. The third kappa shape index (κ3) is 2.06. The minimum absolute atomic E-state index is 0.991. The molecule has 2 aromatic rings. The molecule has 0 fully saturated rings. The van der Waals surface area contributed by atoms with Gasteiger partial charge in [-0.25, -0.2) is 0 Å². The van der Waals surface area contributed by atoms with Crippen molar-refractivity contribution >= 4 is 11.4 Å². The SMILES string of the molecule is CN1CCN(c2ccccc2)Cc2ccccc21. The molecular formula is C16H18N2. The van der Waals surface area contributed by atoms with Gasteiger partial charge in [0.2, 0.25) is 0 Å². The number of anilines is 2. The second-order valence-electron chi connectivity index (χ2n) is 4.81. The van der Waals surface area contributed by atoms with Crippen LogP contribution in [0.5, 0.6) is 0 Å². The number of rotatable bonds is 1. The van der Waals surface area contributed by atoms with E-state index < -0.39 is 0 Å². The number of hydrogen-bond acceptors (Lipinski definition) is 2. The molecule has 18 heavy (non-hydrogen) atoms. The highest BCUT2D eigenvalue weighted by Gasteiger charge is 2.16. The van der Waals surface area contributed by atoms with Gasteiger partial charge in [-0.15, -0.1) is 0 Å². The standard InChI is InChI=1S/C16H18N2/c1-17-11-12-18(15-8-3-2-4-9-15)13-14-7-5-6-10-16(14)17/h2-10H,11-13H2,1H3. The van der Waals surface area contributed by atoms with Crippen LogP contribution in [0.1, 0.15) is 5.56 Å². The van der Waals surface area contributed by atoms with Gasteiger partial charge in [0.1, 0.15) is 0 Å². The van der Waals surface area contributed by atoms with E-state index in [0.29, 0.717) is 0 Å². The highest BCUT2D eigenvalue weighted by Crippen LogP contribution is 2.26. The Morgan fingerprint density at radius 3 is 2.39 bits per heavy atom. The molecule has 92 valence electrons. The molecule has 0 amide bonds. The van der Waals surface area contributed by atoms with Crippen LogP contribution in [0.25, 0.3) is 0 Å². The Hall–Kier alpha value is -1.96. The van der Waals surface area contributed by atoms with Gasteiger partial charge in [-0.05, 0) is 23.8 Å². The third-order valence-electron chi connectivity index (χ3n) is 3.59. The Labute approximate surface area is 108 Å². The molecule has 3 rings (SSSR count). The predicted molar refractivity (Wildman–Crippen MR) is 77.2 cm³/mol. The zero-order valence-corrected chi connectivity index (χ0v) is 10.7. The van der Waals surface area contributed by atoms with Crippen molar-refractivity contribution in [3.05, 3.63) is 60.2 Å². The first-order valence-corrected chi connectivity index (χ1v) is 6.43. The number of benzene rings is 2. The molecule has 1 aliphatic heterocycles. The Balaban J connectivity index is 1.94. The van der Waals surface area contributed by atoms with Crippen LogP contribution in [0.15, 0.2) is 54.6 Å². The molecule has 0 aromatic heterocycles. The van der Waals surface area contributed by atoms with Gasteiger partial charge in [0.25, 0.3) is 0 Å². The summed E-state index contributed by atoms with van der Waals surface area (Å²) in [6.07, 6.45) is 0. The van der Waals surface area contributed by atoms with Crippen molar-refractivity contribution in [2.45, 2.75) is 6.54 Å². The largest absolute Gasteiger partial charge is 0.373 e. The lowest BCUT2D eigenvalue weighted by Gasteiger charge is -2.23. The molecule has 0 atom stereocenters. The van der Waals surface area contributed by atoms with Crippen molar-refractivity contribution in [2.24, 2.45) is 0 Å². The summed E-state index contributed by atoms with van der Waals surface area (Å²) < 4.78 is 0. The highest BCUT2D eigenvalue weighted by molar-refractivity contribution is 5.58. The van der Waals surface area contributed by atoms with E-state index in [9.17, 15) is 0 Å². The number of para-hydroxylation sites is 2. The second kappa shape index (κ2) is 4.73. The van der Waals surface area contributed by atoms with Gasteiger partial charge in [-0.1, -0.05) is 36.4 Å². The Morgan fingerprint density at radius 1 is 0.833 bits per heavy atom. The normalized spacial score (nSPS) is 15.2.